The molecule has 0 spiro atoms. The number of pyridine rings is 1. The predicted molar refractivity (Wildman–Crippen MR) is 63.6 cm³/mol. The van der Waals surface area contributed by atoms with E-state index in [4.69, 9.17) is 15.0 Å². The molecule has 94 valence electrons. The van der Waals surface area contributed by atoms with Crippen molar-refractivity contribution in [2.45, 2.75) is 18.9 Å². The number of nitrogens with two attached hydrogens (primary N) is 1. The Morgan fingerprint density at radius 1 is 1.39 bits per heavy atom. The Morgan fingerprint density at radius 3 is 3.00 bits per heavy atom. The van der Waals surface area contributed by atoms with Gasteiger partial charge in [-0.15, -0.1) is 0 Å². The molecule has 3 heterocycles. The molecule has 1 aliphatic rings. The molecular formula is C12H14N4O2. The summed E-state index contributed by atoms with van der Waals surface area (Å²) in [6, 6.07) is 3.75. The number of hydrogen-bond donors (Lipinski definition) is 1. The van der Waals surface area contributed by atoms with Crippen LogP contribution < -0.4 is 5.73 Å². The van der Waals surface area contributed by atoms with Crippen LogP contribution in [0.5, 0.6) is 0 Å². The summed E-state index contributed by atoms with van der Waals surface area (Å²) in [5.41, 5.74) is 7.17. The second kappa shape index (κ2) is 4.83. The minimum absolute atomic E-state index is 0.241. The molecule has 2 N–H and O–H groups in total. The van der Waals surface area contributed by atoms with E-state index >= 15 is 0 Å². The van der Waals surface area contributed by atoms with Gasteiger partial charge in [-0.05, 0) is 18.1 Å². The summed E-state index contributed by atoms with van der Waals surface area (Å²) >= 11 is 0. The number of nitrogens with zero attached hydrogens (tertiary/aromatic N) is 3. The van der Waals surface area contributed by atoms with Crippen LogP contribution in [0.15, 0.2) is 22.9 Å². The zero-order chi connectivity index (χ0) is 12.4. The monoisotopic (exact) mass is 246 g/mol. The molecule has 2 aromatic heterocycles. The number of hydrogen-bond acceptors (Lipinski definition) is 6. The predicted octanol–water partition coefficient (Wildman–Crippen LogP) is 1.09. The zero-order valence-electron chi connectivity index (χ0n) is 9.87. The van der Waals surface area contributed by atoms with E-state index in [9.17, 15) is 0 Å². The van der Waals surface area contributed by atoms with Crippen LogP contribution in [0.2, 0.25) is 0 Å². The fourth-order valence-electron chi connectivity index (χ4n) is 1.91. The van der Waals surface area contributed by atoms with Crippen molar-refractivity contribution in [3.05, 3.63) is 29.7 Å². The summed E-state index contributed by atoms with van der Waals surface area (Å²) in [5, 5.41) is 3.99. The van der Waals surface area contributed by atoms with E-state index in [1.165, 1.54) is 0 Å². The second-order valence-electron chi connectivity index (χ2n) is 4.27. The summed E-state index contributed by atoms with van der Waals surface area (Å²) in [4.78, 5) is 8.62. The first-order valence-electron chi connectivity index (χ1n) is 5.93. The van der Waals surface area contributed by atoms with E-state index in [0.29, 0.717) is 30.6 Å². The Balaban J connectivity index is 1.82. The molecule has 6 nitrogen and oxygen atoms in total. The second-order valence-corrected chi connectivity index (χ2v) is 4.27. The molecule has 1 unspecified atom stereocenters. The lowest BCUT2D eigenvalue weighted by Crippen LogP contribution is -2.00. The molecular weight excluding hydrogens is 232 g/mol. The van der Waals surface area contributed by atoms with Crippen molar-refractivity contribution >= 4 is 0 Å². The van der Waals surface area contributed by atoms with Crippen LogP contribution in [0.25, 0.3) is 11.6 Å². The first-order valence-corrected chi connectivity index (χ1v) is 5.93. The van der Waals surface area contributed by atoms with Crippen molar-refractivity contribution in [1.29, 1.82) is 0 Å². The van der Waals surface area contributed by atoms with Crippen molar-refractivity contribution in [3.8, 4) is 11.6 Å². The van der Waals surface area contributed by atoms with Crippen LogP contribution >= 0.6 is 0 Å². The number of aromatic nitrogens is 3. The van der Waals surface area contributed by atoms with Gasteiger partial charge in [-0.3, -0.25) is 4.98 Å². The fraction of sp³-hybridized carbons (Fsp3) is 0.417. The normalized spacial score (nSPS) is 19.3. The molecule has 0 amide bonds. The van der Waals surface area contributed by atoms with Gasteiger partial charge in [-0.2, -0.15) is 4.98 Å². The van der Waals surface area contributed by atoms with Gasteiger partial charge in [-0.25, -0.2) is 0 Å². The molecule has 1 aliphatic heterocycles. The summed E-state index contributed by atoms with van der Waals surface area (Å²) in [7, 11) is 0. The van der Waals surface area contributed by atoms with Crippen molar-refractivity contribution < 1.29 is 9.26 Å². The highest BCUT2D eigenvalue weighted by molar-refractivity contribution is 5.46. The maximum atomic E-state index is 5.52. The van der Waals surface area contributed by atoms with Crippen LogP contribution in [0, 0.1) is 0 Å². The van der Waals surface area contributed by atoms with Crippen LogP contribution in [0.3, 0.4) is 0 Å². The number of ether oxygens (including phenoxy) is 1. The fourth-order valence-corrected chi connectivity index (χ4v) is 1.91. The van der Waals surface area contributed by atoms with E-state index in [-0.39, 0.29) is 5.92 Å². The zero-order valence-corrected chi connectivity index (χ0v) is 9.87. The smallest absolute Gasteiger partial charge is 0.276 e. The van der Waals surface area contributed by atoms with Gasteiger partial charge >= 0.3 is 0 Å². The van der Waals surface area contributed by atoms with E-state index < -0.39 is 0 Å². The van der Waals surface area contributed by atoms with Crippen LogP contribution in [-0.2, 0) is 11.3 Å². The molecule has 1 atom stereocenters. The largest absolute Gasteiger partial charge is 0.381 e. The summed E-state index contributed by atoms with van der Waals surface area (Å²) < 4.78 is 10.5. The Bertz CT molecular complexity index is 517. The van der Waals surface area contributed by atoms with Crippen molar-refractivity contribution in [2.24, 2.45) is 5.73 Å². The highest BCUT2D eigenvalue weighted by Crippen LogP contribution is 2.24. The molecule has 0 aliphatic carbocycles. The van der Waals surface area contributed by atoms with Crippen molar-refractivity contribution in [2.75, 3.05) is 13.2 Å². The standard InChI is InChI=1S/C12H14N4O2/c13-5-8-1-2-10(14-6-8)12-15-11(16-18-12)9-3-4-17-7-9/h1-2,6,9H,3-5,7,13H2. The minimum atomic E-state index is 0.241. The Labute approximate surface area is 104 Å². The first-order chi connectivity index (χ1) is 8.86. The van der Waals surface area contributed by atoms with E-state index in [1.807, 2.05) is 12.1 Å². The van der Waals surface area contributed by atoms with E-state index in [1.54, 1.807) is 6.20 Å². The summed E-state index contributed by atoms with van der Waals surface area (Å²) in [6.45, 7) is 1.90. The topological polar surface area (TPSA) is 87.1 Å². The molecule has 0 bridgehead atoms. The maximum Gasteiger partial charge on any atom is 0.276 e. The van der Waals surface area contributed by atoms with Crippen LogP contribution in [0.4, 0.5) is 0 Å². The highest BCUT2D eigenvalue weighted by Gasteiger charge is 2.23. The van der Waals surface area contributed by atoms with Gasteiger partial charge in [0, 0.05) is 25.3 Å². The van der Waals surface area contributed by atoms with E-state index in [0.717, 1.165) is 18.6 Å². The SMILES string of the molecule is NCc1ccc(-c2nc(C3CCOC3)no2)nc1. The first kappa shape index (κ1) is 11.3. The number of rotatable bonds is 3. The van der Waals surface area contributed by atoms with Gasteiger partial charge in [-0.1, -0.05) is 11.2 Å². The van der Waals surface area contributed by atoms with Crippen LogP contribution in [-0.4, -0.2) is 28.3 Å². The van der Waals surface area contributed by atoms with Crippen molar-refractivity contribution in [3.63, 3.8) is 0 Å². The average molecular weight is 246 g/mol. The molecule has 0 saturated carbocycles. The van der Waals surface area contributed by atoms with Gasteiger partial charge in [0.25, 0.3) is 5.89 Å². The molecule has 0 aromatic carbocycles. The van der Waals surface area contributed by atoms with Gasteiger partial charge in [0.2, 0.25) is 0 Å². The van der Waals surface area contributed by atoms with Gasteiger partial charge in [0.05, 0.1) is 6.61 Å². The molecule has 3 rings (SSSR count). The lowest BCUT2D eigenvalue weighted by atomic mass is 10.1. The van der Waals surface area contributed by atoms with Crippen molar-refractivity contribution in [1.82, 2.24) is 15.1 Å². The third-order valence-electron chi connectivity index (χ3n) is 3.02. The Kier molecular flexibility index (Phi) is 3.04. The molecule has 6 heteroatoms. The Hall–Kier alpha value is -1.79. The molecule has 2 aromatic rings. The van der Waals surface area contributed by atoms with Gasteiger partial charge in [0.1, 0.15) is 5.69 Å². The molecule has 1 saturated heterocycles. The Morgan fingerprint density at radius 2 is 2.33 bits per heavy atom. The summed E-state index contributed by atoms with van der Waals surface area (Å²) in [6.07, 6.45) is 2.66. The average Bonchev–Trinajstić information content (AvgIpc) is 3.09. The lowest BCUT2D eigenvalue weighted by Gasteiger charge is -1.98. The van der Waals surface area contributed by atoms with Gasteiger partial charge < -0.3 is 15.0 Å². The molecule has 1 fully saturated rings. The summed E-state index contributed by atoms with van der Waals surface area (Å²) in [5.74, 6) is 1.39. The maximum absolute atomic E-state index is 5.52. The van der Waals surface area contributed by atoms with Gasteiger partial charge in [0.15, 0.2) is 5.82 Å². The molecule has 18 heavy (non-hydrogen) atoms. The lowest BCUT2D eigenvalue weighted by molar-refractivity contribution is 0.192. The van der Waals surface area contributed by atoms with E-state index in [2.05, 4.69) is 15.1 Å². The third kappa shape index (κ3) is 2.12. The quantitative estimate of drug-likeness (QED) is 0.872. The minimum Gasteiger partial charge on any atom is -0.381 e. The highest BCUT2D eigenvalue weighted by atomic mass is 16.5. The van der Waals surface area contributed by atoms with Crippen LogP contribution in [0.1, 0.15) is 23.7 Å². The molecule has 0 radical (unpaired) electrons. The third-order valence-corrected chi connectivity index (χ3v) is 3.02.